The molecule has 0 aromatic carbocycles. The second-order valence-electron chi connectivity index (χ2n) is 4.89. The molecule has 1 saturated heterocycles. The van der Waals surface area contributed by atoms with E-state index in [9.17, 15) is 0 Å². The van der Waals surface area contributed by atoms with Crippen molar-refractivity contribution in [3.8, 4) is 0 Å². The third-order valence-electron chi connectivity index (χ3n) is 3.43. The monoisotopic (exact) mass is 408 g/mol. The fourth-order valence-corrected chi connectivity index (χ4v) is 2.98. The van der Waals surface area contributed by atoms with E-state index in [0.29, 0.717) is 0 Å². The number of hydrogen-bond donors (Lipinski definition) is 2. The standard InChI is InChI=1S/C14H24N4S.HI/c1-15-14(17-11-13-5-10-19-12-13)16-6-9-18-7-3-2-4-8-18;/h5,10,12H,2-4,6-9,11H2,1H3,(H2,15,16,17);1H. The van der Waals surface area contributed by atoms with Crippen LogP contribution >= 0.6 is 35.3 Å². The van der Waals surface area contributed by atoms with Crippen LogP contribution in [0.2, 0.25) is 0 Å². The van der Waals surface area contributed by atoms with Crippen molar-refractivity contribution in [3.63, 3.8) is 0 Å². The van der Waals surface area contributed by atoms with Crippen LogP contribution in [0.5, 0.6) is 0 Å². The maximum atomic E-state index is 4.25. The number of guanidine groups is 1. The topological polar surface area (TPSA) is 39.7 Å². The van der Waals surface area contributed by atoms with Crippen LogP contribution in [0, 0.1) is 0 Å². The van der Waals surface area contributed by atoms with E-state index in [-0.39, 0.29) is 24.0 Å². The first-order valence-electron chi connectivity index (χ1n) is 7.06. The van der Waals surface area contributed by atoms with E-state index in [1.54, 1.807) is 11.3 Å². The van der Waals surface area contributed by atoms with E-state index >= 15 is 0 Å². The van der Waals surface area contributed by atoms with Gasteiger partial charge >= 0.3 is 0 Å². The van der Waals surface area contributed by atoms with Crippen molar-refractivity contribution >= 4 is 41.3 Å². The van der Waals surface area contributed by atoms with Crippen LogP contribution in [0.3, 0.4) is 0 Å². The lowest BCUT2D eigenvalue weighted by Gasteiger charge is -2.26. The highest BCUT2D eigenvalue weighted by Crippen LogP contribution is 2.07. The molecule has 0 spiro atoms. The molecular formula is C14H25IN4S. The maximum absolute atomic E-state index is 4.25. The Bertz CT molecular complexity index is 375. The van der Waals surface area contributed by atoms with Gasteiger partial charge in [-0.15, -0.1) is 24.0 Å². The average molecular weight is 408 g/mol. The van der Waals surface area contributed by atoms with Gasteiger partial charge in [-0.25, -0.2) is 0 Å². The summed E-state index contributed by atoms with van der Waals surface area (Å²) in [5, 5.41) is 11.0. The molecule has 1 aliphatic heterocycles. The van der Waals surface area contributed by atoms with Gasteiger partial charge in [0.2, 0.25) is 0 Å². The highest BCUT2D eigenvalue weighted by molar-refractivity contribution is 14.0. The van der Waals surface area contributed by atoms with Gasteiger partial charge in [0.25, 0.3) is 0 Å². The van der Waals surface area contributed by atoms with E-state index in [1.165, 1.54) is 37.9 Å². The van der Waals surface area contributed by atoms with Crippen molar-refractivity contribution in [2.75, 3.05) is 33.2 Å². The molecule has 0 aliphatic carbocycles. The zero-order valence-corrected chi connectivity index (χ0v) is 15.2. The van der Waals surface area contributed by atoms with Gasteiger partial charge in [0.05, 0.1) is 0 Å². The zero-order chi connectivity index (χ0) is 13.3. The number of aliphatic imine (C=N–C) groups is 1. The van der Waals surface area contributed by atoms with E-state index in [2.05, 4.69) is 37.4 Å². The van der Waals surface area contributed by atoms with Gasteiger partial charge in [-0.05, 0) is 48.3 Å². The number of likely N-dealkylation sites (tertiary alicyclic amines) is 1. The van der Waals surface area contributed by atoms with Crippen LogP contribution in [0.15, 0.2) is 21.8 Å². The number of halogens is 1. The molecule has 0 saturated carbocycles. The maximum Gasteiger partial charge on any atom is 0.191 e. The Morgan fingerprint density at radius 1 is 1.30 bits per heavy atom. The predicted octanol–water partition coefficient (Wildman–Crippen LogP) is 2.52. The zero-order valence-electron chi connectivity index (χ0n) is 12.1. The molecule has 2 N–H and O–H groups in total. The van der Waals surface area contributed by atoms with Crippen molar-refractivity contribution < 1.29 is 0 Å². The normalized spacial score (nSPS) is 16.6. The molecule has 0 radical (unpaired) electrons. The highest BCUT2D eigenvalue weighted by Gasteiger charge is 2.09. The van der Waals surface area contributed by atoms with Crippen molar-refractivity contribution in [1.29, 1.82) is 0 Å². The van der Waals surface area contributed by atoms with Gasteiger partial charge in [-0.2, -0.15) is 11.3 Å². The average Bonchev–Trinajstić information content (AvgIpc) is 2.97. The van der Waals surface area contributed by atoms with Crippen LogP contribution in [-0.2, 0) is 6.54 Å². The van der Waals surface area contributed by atoms with Gasteiger partial charge < -0.3 is 15.5 Å². The number of hydrogen-bond acceptors (Lipinski definition) is 3. The first-order chi connectivity index (χ1) is 9.38. The minimum atomic E-state index is 0. The summed E-state index contributed by atoms with van der Waals surface area (Å²) >= 11 is 1.73. The third kappa shape index (κ3) is 6.41. The molecule has 2 heterocycles. The van der Waals surface area contributed by atoms with Crippen LogP contribution in [-0.4, -0.2) is 44.1 Å². The summed E-state index contributed by atoms with van der Waals surface area (Å²) in [5.41, 5.74) is 1.31. The molecule has 0 unspecified atom stereocenters. The fourth-order valence-electron chi connectivity index (χ4n) is 2.32. The first-order valence-corrected chi connectivity index (χ1v) is 8.01. The number of rotatable bonds is 5. The molecule has 1 fully saturated rings. The summed E-state index contributed by atoms with van der Waals surface area (Å²) in [4.78, 5) is 6.78. The minimum absolute atomic E-state index is 0. The highest BCUT2D eigenvalue weighted by atomic mass is 127. The number of nitrogens with zero attached hydrogens (tertiary/aromatic N) is 2. The van der Waals surface area contributed by atoms with Crippen LogP contribution in [0.4, 0.5) is 0 Å². The Balaban J connectivity index is 0.00000200. The molecule has 0 bridgehead atoms. The number of thiophene rings is 1. The Kier molecular flexibility index (Phi) is 9.21. The largest absolute Gasteiger partial charge is 0.355 e. The van der Waals surface area contributed by atoms with Gasteiger partial charge in [0.15, 0.2) is 5.96 Å². The molecule has 2 rings (SSSR count). The van der Waals surface area contributed by atoms with Crippen molar-refractivity contribution in [2.24, 2.45) is 4.99 Å². The Hall–Kier alpha value is -0.340. The van der Waals surface area contributed by atoms with Gasteiger partial charge in [-0.1, -0.05) is 6.42 Å². The summed E-state index contributed by atoms with van der Waals surface area (Å²) in [6, 6.07) is 2.14. The molecule has 0 atom stereocenters. The molecule has 114 valence electrons. The van der Waals surface area contributed by atoms with Gasteiger partial charge in [0.1, 0.15) is 0 Å². The molecule has 1 aromatic heterocycles. The van der Waals surface area contributed by atoms with E-state index < -0.39 is 0 Å². The minimum Gasteiger partial charge on any atom is -0.355 e. The molecule has 4 nitrogen and oxygen atoms in total. The quantitative estimate of drug-likeness (QED) is 0.447. The summed E-state index contributed by atoms with van der Waals surface area (Å²) in [5.74, 6) is 0.892. The third-order valence-corrected chi connectivity index (χ3v) is 4.16. The van der Waals surface area contributed by atoms with Crippen molar-refractivity contribution in [3.05, 3.63) is 22.4 Å². The molecule has 1 aromatic rings. The summed E-state index contributed by atoms with van der Waals surface area (Å²) in [6.45, 7) is 5.42. The summed E-state index contributed by atoms with van der Waals surface area (Å²) < 4.78 is 0. The van der Waals surface area contributed by atoms with Crippen molar-refractivity contribution in [2.45, 2.75) is 25.8 Å². The number of piperidine rings is 1. The second-order valence-corrected chi connectivity index (χ2v) is 5.67. The lowest BCUT2D eigenvalue weighted by atomic mass is 10.1. The van der Waals surface area contributed by atoms with Crippen molar-refractivity contribution in [1.82, 2.24) is 15.5 Å². The van der Waals surface area contributed by atoms with Gasteiger partial charge in [-0.3, -0.25) is 4.99 Å². The smallest absolute Gasteiger partial charge is 0.191 e. The molecular weight excluding hydrogens is 383 g/mol. The SMILES string of the molecule is CN=C(NCCN1CCCCC1)NCc1ccsc1.I. The Morgan fingerprint density at radius 2 is 2.10 bits per heavy atom. The lowest BCUT2D eigenvalue weighted by Crippen LogP contribution is -2.42. The second kappa shape index (κ2) is 10.4. The summed E-state index contributed by atoms with van der Waals surface area (Å²) in [6.07, 6.45) is 4.10. The Morgan fingerprint density at radius 3 is 2.75 bits per heavy atom. The fraction of sp³-hybridized carbons (Fsp3) is 0.643. The summed E-state index contributed by atoms with van der Waals surface area (Å²) in [7, 11) is 1.82. The predicted molar refractivity (Wildman–Crippen MR) is 98.2 cm³/mol. The molecule has 1 aliphatic rings. The van der Waals surface area contributed by atoms with E-state index in [0.717, 1.165) is 25.6 Å². The van der Waals surface area contributed by atoms with Crippen LogP contribution in [0.25, 0.3) is 0 Å². The molecule has 6 heteroatoms. The van der Waals surface area contributed by atoms with Crippen LogP contribution < -0.4 is 10.6 Å². The van der Waals surface area contributed by atoms with E-state index in [4.69, 9.17) is 0 Å². The number of nitrogens with one attached hydrogen (secondary N) is 2. The molecule has 20 heavy (non-hydrogen) atoms. The molecule has 0 amide bonds. The first kappa shape index (κ1) is 17.7. The Labute approximate surface area is 143 Å². The lowest BCUT2D eigenvalue weighted by molar-refractivity contribution is 0.232. The van der Waals surface area contributed by atoms with Crippen LogP contribution in [0.1, 0.15) is 24.8 Å². The van der Waals surface area contributed by atoms with E-state index in [1.807, 2.05) is 7.05 Å². The van der Waals surface area contributed by atoms with Gasteiger partial charge in [0, 0.05) is 26.7 Å².